The van der Waals surface area contributed by atoms with Crippen molar-refractivity contribution >= 4 is 49.2 Å². The van der Waals surface area contributed by atoms with Gasteiger partial charge in [-0.3, -0.25) is 10.1 Å². The maximum Gasteiger partial charge on any atom is 0.348 e. The second-order valence-corrected chi connectivity index (χ2v) is 7.70. The molecule has 0 saturated carbocycles. The third-order valence-corrected chi connectivity index (χ3v) is 6.18. The highest BCUT2D eigenvalue weighted by atomic mass is 32.1. The summed E-state index contributed by atoms with van der Waals surface area (Å²) >= 11 is 2.67. The van der Waals surface area contributed by atoms with Gasteiger partial charge in [-0.1, -0.05) is 29.0 Å². The summed E-state index contributed by atoms with van der Waals surface area (Å²) < 4.78 is 5.97. The first-order valence-electron chi connectivity index (χ1n) is 7.86. The minimum Gasteiger partial charge on any atom is -0.462 e. The lowest BCUT2D eigenvalue weighted by atomic mass is 10.1. The lowest BCUT2D eigenvalue weighted by Crippen LogP contribution is -2.13. The highest BCUT2D eigenvalue weighted by Gasteiger charge is 2.20. The van der Waals surface area contributed by atoms with Crippen LogP contribution in [0.15, 0.2) is 18.2 Å². The molecule has 0 unspecified atom stereocenters. The Kier molecular flexibility index (Phi) is 4.87. The van der Waals surface area contributed by atoms with E-state index in [1.807, 2.05) is 39.0 Å². The number of amides is 1. The van der Waals surface area contributed by atoms with E-state index in [4.69, 9.17) is 4.74 Å². The van der Waals surface area contributed by atoms with E-state index in [0.717, 1.165) is 26.2 Å². The molecule has 7 heteroatoms. The van der Waals surface area contributed by atoms with Crippen molar-refractivity contribution in [1.29, 1.82) is 0 Å². The van der Waals surface area contributed by atoms with Crippen molar-refractivity contribution in [1.82, 2.24) is 4.98 Å². The maximum atomic E-state index is 12.5. The van der Waals surface area contributed by atoms with Gasteiger partial charge in [0.25, 0.3) is 5.91 Å². The van der Waals surface area contributed by atoms with E-state index in [1.54, 1.807) is 6.92 Å². The number of hydrogen-bond donors (Lipinski definition) is 1. The Bertz CT molecular complexity index is 972. The van der Waals surface area contributed by atoms with Crippen LogP contribution >= 0.6 is 22.7 Å². The lowest BCUT2D eigenvalue weighted by Gasteiger charge is -2.06. The molecule has 130 valence electrons. The van der Waals surface area contributed by atoms with Crippen LogP contribution in [0.1, 0.15) is 43.6 Å². The highest BCUT2D eigenvalue weighted by Crippen LogP contribution is 2.37. The molecular weight excluding hydrogens is 356 g/mol. The number of benzene rings is 1. The minimum absolute atomic E-state index is 0.175. The molecule has 0 aliphatic heterocycles. The van der Waals surface area contributed by atoms with E-state index < -0.39 is 0 Å². The number of aryl methyl sites for hydroxylation is 3. The van der Waals surface area contributed by atoms with Crippen LogP contribution < -0.4 is 5.32 Å². The predicted octanol–water partition coefficient (Wildman–Crippen LogP) is 4.71. The zero-order valence-electron chi connectivity index (χ0n) is 14.4. The van der Waals surface area contributed by atoms with Crippen LogP contribution in [0, 0.1) is 20.8 Å². The van der Waals surface area contributed by atoms with Gasteiger partial charge in [-0.05, 0) is 44.9 Å². The van der Waals surface area contributed by atoms with Gasteiger partial charge in [-0.15, -0.1) is 11.3 Å². The smallest absolute Gasteiger partial charge is 0.348 e. The number of anilines is 1. The van der Waals surface area contributed by atoms with Crippen LogP contribution in [-0.4, -0.2) is 23.5 Å². The molecule has 0 atom stereocenters. The quantitative estimate of drug-likeness (QED) is 0.672. The van der Waals surface area contributed by atoms with E-state index in [-0.39, 0.29) is 11.9 Å². The SMILES string of the molecule is CCOC(=O)c1sc2nc(NC(=O)c3cc(C)ccc3C)sc2c1C. The second-order valence-electron chi connectivity index (χ2n) is 5.70. The van der Waals surface area contributed by atoms with Crippen LogP contribution in [0.4, 0.5) is 5.13 Å². The number of hydrogen-bond acceptors (Lipinski definition) is 6. The second kappa shape index (κ2) is 6.93. The van der Waals surface area contributed by atoms with Crippen molar-refractivity contribution in [3.8, 4) is 0 Å². The average Bonchev–Trinajstić information content (AvgIpc) is 3.09. The van der Waals surface area contributed by atoms with Crippen LogP contribution in [0.25, 0.3) is 9.53 Å². The number of nitrogens with zero attached hydrogens (tertiary/aromatic N) is 1. The molecule has 0 fully saturated rings. The van der Waals surface area contributed by atoms with Crippen molar-refractivity contribution in [2.45, 2.75) is 27.7 Å². The largest absolute Gasteiger partial charge is 0.462 e. The molecule has 5 nitrogen and oxygen atoms in total. The number of esters is 1. The summed E-state index contributed by atoms with van der Waals surface area (Å²) in [6.07, 6.45) is 0. The monoisotopic (exact) mass is 374 g/mol. The van der Waals surface area contributed by atoms with Gasteiger partial charge >= 0.3 is 5.97 Å². The molecule has 1 amide bonds. The van der Waals surface area contributed by atoms with Gasteiger partial charge in [0.1, 0.15) is 9.71 Å². The van der Waals surface area contributed by atoms with Crippen molar-refractivity contribution < 1.29 is 14.3 Å². The van der Waals surface area contributed by atoms with E-state index in [1.165, 1.54) is 22.7 Å². The molecule has 0 bridgehead atoms. The Morgan fingerprint density at radius 2 is 1.96 bits per heavy atom. The number of ether oxygens (including phenoxy) is 1. The minimum atomic E-state index is -0.323. The van der Waals surface area contributed by atoms with E-state index in [0.29, 0.717) is 22.2 Å². The molecule has 3 rings (SSSR count). The van der Waals surface area contributed by atoms with Crippen molar-refractivity contribution in [2.75, 3.05) is 11.9 Å². The summed E-state index contributed by atoms with van der Waals surface area (Å²) in [5.74, 6) is -0.498. The Hall–Kier alpha value is -2.25. The third-order valence-electron chi connectivity index (χ3n) is 3.79. The zero-order valence-corrected chi connectivity index (χ0v) is 16.1. The molecule has 0 aliphatic rings. The van der Waals surface area contributed by atoms with Crippen LogP contribution in [0.3, 0.4) is 0 Å². The van der Waals surface area contributed by atoms with E-state index in [9.17, 15) is 9.59 Å². The number of rotatable bonds is 4. The first kappa shape index (κ1) is 17.6. The molecule has 0 radical (unpaired) electrons. The predicted molar refractivity (Wildman–Crippen MR) is 102 cm³/mol. The third kappa shape index (κ3) is 3.43. The molecule has 0 saturated heterocycles. The highest BCUT2D eigenvalue weighted by molar-refractivity contribution is 7.30. The first-order chi connectivity index (χ1) is 11.9. The number of carbonyl (C=O) groups is 2. The number of carbonyl (C=O) groups excluding carboxylic acids is 2. The van der Waals surface area contributed by atoms with Gasteiger partial charge in [-0.2, -0.15) is 0 Å². The zero-order chi connectivity index (χ0) is 18.1. The Morgan fingerprint density at radius 1 is 1.20 bits per heavy atom. The van der Waals surface area contributed by atoms with E-state index >= 15 is 0 Å². The fourth-order valence-electron chi connectivity index (χ4n) is 2.48. The van der Waals surface area contributed by atoms with Crippen molar-refractivity contribution in [3.05, 3.63) is 45.3 Å². The molecule has 1 aromatic carbocycles. The summed E-state index contributed by atoms with van der Waals surface area (Å²) in [5.41, 5.74) is 3.44. The standard InChI is InChI=1S/C18H18N2O3S2/c1-5-23-17(22)14-11(4)13-16(24-14)20-18(25-13)19-15(21)12-8-9(2)6-7-10(12)3/h6-8H,5H2,1-4H3,(H,19,20,21). The summed E-state index contributed by atoms with van der Waals surface area (Å²) in [6.45, 7) is 7.86. The normalized spacial score (nSPS) is 10.9. The average molecular weight is 374 g/mol. The molecule has 0 aliphatic carbocycles. The molecule has 2 heterocycles. The van der Waals surface area contributed by atoms with Gasteiger partial charge in [0, 0.05) is 5.56 Å². The molecule has 25 heavy (non-hydrogen) atoms. The fraction of sp³-hybridized carbons (Fsp3) is 0.278. The van der Waals surface area contributed by atoms with E-state index in [2.05, 4.69) is 10.3 Å². The molecule has 2 aromatic heterocycles. The number of fused-ring (bicyclic) bond motifs is 1. The molecule has 0 spiro atoms. The molecule has 1 N–H and O–H groups in total. The van der Waals surface area contributed by atoms with Gasteiger partial charge in [0.15, 0.2) is 5.13 Å². The van der Waals surface area contributed by atoms with Gasteiger partial charge in [0.05, 0.1) is 11.3 Å². The number of thiazole rings is 1. The summed E-state index contributed by atoms with van der Waals surface area (Å²) in [4.78, 5) is 30.2. The maximum absolute atomic E-state index is 12.5. The van der Waals surface area contributed by atoms with Gasteiger partial charge < -0.3 is 4.74 Å². The van der Waals surface area contributed by atoms with Crippen molar-refractivity contribution in [2.24, 2.45) is 0 Å². The van der Waals surface area contributed by atoms with Gasteiger partial charge in [-0.25, -0.2) is 9.78 Å². The summed E-state index contributed by atoms with van der Waals surface area (Å²) in [6, 6.07) is 5.77. The number of nitrogens with one attached hydrogen (secondary N) is 1. The van der Waals surface area contributed by atoms with Crippen LogP contribution in [0.2, 0.25) is 0 Å². The van der Waals surface area contributed by atoms with Crippen molar-refractivity contribution in [3.63, 3.8) is 0 Å². The van der Waals surface area contributed by atoms with Gasteiger partial charge in [0.2, 0.25) is 0 Å². The molecular formula is C18H18N2O3S2. The summed E-state index contributed by atoms with van der Waals surface area (Å²) in [5, 5.41) is 3.39. The fourth-order valence-corrected chi connectivity index (χ4v) is 4.69. The van der Waals surface area contributed by atoms with Crippen LogP contribution in [0.5, 0.6) is 0 Å². The Morgan fingerprint density at radius 3 is 2.64 bits per heavy atom. The Labute approximate surface area is 153 Å². The first-order valence-corrected chi connectivity index (χ1v) is 9.49. The molecule has 3 aromatic rings. The van der Waals surface area contributed by atoms with Crippen LogP contribution in [-0.2, 0) is 4.74 Å². The lowest BCUT2D eigenvalue weighted by molar-refractivity contribution is 0.0531. The number of aromatic nitrogens is 1. The topological polar surface area (TPSA) is 68.3 Å². The summed E-state index contributed by atoms with van der Waals surface area (Å²) in [7, 11) is 0. The Balaban J connectivity index is 1.86. The number of thiophene rings is 1.